The second-order valence-electron chi connectivity index (χ2n) is 3.90. The number of amides is 1. The van der Waals surface area contributed by atoms with Crippen molar-refractivity contribution in [2.75, 3.05) is 23.8 Å². The Kier molecular flexibility index (Phi) is 7.43. The predicted molar refractivity (Wildman–Crippen MR) is 79.9 cm³/mol. The Hall–Kier alpha value is -1.14. The normalized spacial score (nSPS) is 10.2. The number of carbonyl (C=O) groups is 2. The summed E-state index contributed by atoms with van der Waals surface area (Å²) in [6.45, 7) is 2.53. The van der Waals surface area contributed by atoms with Gasteiger partial charge in [-0.05, 0) is 19.1 Å². The average molecular weight is 299 g/mol. The lowest BCUT2D eigenvalue weighted by molar-refractivity contribution is -0.133. The summed E-state index contributed by atoms with van der Waals surface area (Å²) in [5.74, 6) is 0.223. The summed E-state index contributed by atoms with van der Waals surface area (Å²) >= 11 is 2.79. The number of carbonyl (C=O) groups excluding carboxylic acids is 1. The van der Waals surface area contributed by atoms with Gasteiger partial charge in [-0.3, -0.25) is 9.59 Å². The molecule has 6 heteroatoms. The Morgan fingerprint density at radius 3 is 2.53 bits per heavy atom. The van der Waals surface area contributed by atoms with Crippen LogP contribution in [0, 0.1) is 6.92 Å². The maximum absolute atomic E-state index is 11.5. The van der Waals surface area contributed by atoms with Crippen LogP contribution in [0.3, 0.4) is 0 Å². The van der Waals surface area contributed by atoms with Gasteiger partial charge in [0.05, 0.1) is 11.5 Å². The van der Waals surface area contributed by atoms with Gasteiger partial charge in [0, 0.05) is 17.2 Å². The Morgan fingerprint density at radius 2 is 1.89 bits per heavy atom. The highest BCUT2D eigenvalue weighted by Gasteiger charge is 2.03. The van der Waals surface area contributed by atoms with Crippen LogP contribution in [0.2, 0.25) is 0 Å². The van der Waals surface area contributed by atoms with E-state index in [0.29, 0.717) is 18.1 Å². The van der Waals surface area contributed by atoms with Crippen LogP contribution in [0.4, 0.5) is 0 Å². The van der Waals surface area contributed by atoms with Gasteiger partial charge in [0.25, 0.3) is 0 Å². The molecule has 0 aromatic heterocycles. The zero-order valence-electron chi connectivity index (χ0n) is 10.7. The van der Waals surface area contributed by atoms with Crippen molar-refractivity contribution in [2.24, 2.45) is 0 Å². The fourth-order valence-corrected chi connectivity index (χ4v) is 2.55. The van der Waals surface area contributed by atoms with Crippen molar-refractivity contribution < 1.29 is 14.7 Å². The molecule has 0 spiro atoms. The fraction of sp³-hybridized carbons (Fsp3) is 0.385. The largest absolute Gasteiger partial charge is 0.481 e. The summed E-state index contributed by atoms with van der Waals surface area (Å²) in [6, 6.07) is 8.03. The van der Waals surface area contributed by atoms with Crippen molar-refractivity contribution in [2.45, 2.75) is 11.8 Å². The lowest BCUT2D eigenvalue weighted by atomic mass is 10.2. The number of carboxylic acids is 1. The third kappa shape index (κ3) is 7.79. The molecule has 0 atom stereocenters. The Bertz CT molecular complexity index is 420. The van der Waals surface area contributed by atoms with Crippen molar-refractivity contribution in [1.82, 2.24) is 5.32 Å². The molecule has 104 valence electrons. The maximum Gasteiger partial charge on any atom is 0.313 e. The van der Waals surface area contributed by atoms with Crippen LogP contribution in [0.1, 0.15) is 5.56 Å². The second-order valence-corrected chi connectivity index (χ2v) is 6.05. The average Bonchev–Trinajstić information content (AvgIpc) is 2.37. The van der Waals surface area contributed by atoms with Crippen LogP contribution in [0.25, 0.3) is 0 Å². The molecule has 0 heterocycles. The van der Waals surface area contributed by atoms with Crippen molar-refractivity contribution in [3.8, 4) is 0 Å². The SMILES string of the molecule is Cc1ccc(SCC(=O)NCCSCC(=O)O)cc1. The summed E-state index contributed by atoms with van der Waals surface area (Å²) in [7, 11) is 0. The van der Waals surface area contributed by atoms with Gasteiger partial charge in [0.2, 0.25) is 5.91 Å². The van der Waals surface area contributed by atoms with E-state index in [1.807, 2.05) is 31.2 Å². The molecule has 1 amide bonds. The highest BCUT2D eigenvalue weighted by molar-refractivity contribution is 8.00. The molecule has 0 saturated heterocycles. The molecule has 0 saturated carbocycles. The van der Waals surface area contributed by atoms with Crippen LogP contribution >= 0.6 is 23.5 Å². The summed E-state index contributed by atoms with van der Waals surface area (Å²) in [6.07, 6.45) is 0. The molecule has 1 aromatic carbocycles. The van der Waals surface area contributed by atoms with Gasteiger partial charge < -0.3 is 10.4 Å². The first-order valence-corrected chi connectivity index (χ1v) is 7.97. The molecule has 0 aliphatic heterocycles. The molecular formula is C13H17NO3S2. The van der Waals surface area contributed by atoms with Crippen LogP contribution in [-0.4, -0.2) is 40.8 Å². The number of hydrogen-bond acceptors (Lipinski definition) is 4. The Balaban J connectivity index is 2.11. The fourth-order valence-electron chi connectivity index (χ4n) is 1.26. The van der Waals surface area contributed by atoms with E-state index in [-0.39, 0.29) is 11.7 Å². The van der Waals surface area contributed by atoms with E-state index in [4.69, 9.17) is 5.11 Å². The molecule has 0 bridgehead atoms. The van der Waals surface area contributed by atoms with Crippen molar-refractivity contribution in [1.29, 1.82) is 0 Å². The molecule has 0 radical (unpaired) electrons. The lowest BCUT2D eigenvalue weighted by Crippen LogP contribution is -2.27. The van der Waals surface area contributed by atoms with Gasteiger partial charge in [-0.2, -0.15) is 0 Å². The van der Waals surface area contributed by atoms with Crippen LogP contribution < -0.4 is 5.32 Å². The Labute approximate surface area is 121 Å². The van der Waals surface area contributed by atoms with Crippen LogP contribution in [-0.2, 0) is 9.59 Å². The first kappa shape index (κ1) is 15.9. The molecule has 4 nitrogen and oxygen atoms in total. The lowest BCUT2D eigenvalue weighted by Gasteiger charge is -2.04. The number of carboxylic acid groups (broad SMARTS) is 1. The number of nitrogens with one attached hydrogen (secondary N) is 1. The predicted octanol–water partition coefficient (Wildman–Crippen LogP) is 2.02. The smallest absolute Gasteiger partial charge is 0.313 e. The molecule has 1 rings (SSSR count). The van der Waals surface area contributed by atoms with E-state index in [9.17, 15) is 9.59 Å². The molecule has 0 fully saturated rings. The topological polar surface area (TPSA) is 66.4 Å². The van der Waals surface area contributed by atoms with Gasteiger partial charge in [0.15, 0.2) is 0 Å². The minimum absolute atomic E-state index is 0.0264. The third-order valence-electron chi connectivity index (χ3n) is 2.19. The maximum atomic E-state index is 11.5. The van der Waals surface area contributed by atoms with Crippen LogP contribution in [0.15, 0.2) is 29.2 Å². The zero-order valence-corrected chi connectivity index (χ0v) is 12.4. The third-order valence-corrected chi connectivity index (χ3v) is 4.14. The first-order valence-electron chi connectivity index (χ1n) is 5.83. The molecule has 0 unspecified atom stereocenters. The number of hydrogen-bond donors (Lipinski definition) is 2. The quantitative estimate of drug-likeness (QED) is 0.568. The number of thioether (sulfide) groups is 2. The van der Waals surface area contributed by atoms with Gasteiger partial charge in [-0.15, -0.1) is 23.5 Å². The highest BCUT2D eigenvalue weighted by atomic mass is 32.2. The summed E-state index contributed by atoms with van der Waals surface area (Å²) in [4.78, 5) is 22.9. The van der Waals surface area contributed by atoms with Crippen molar-refractivity contribution in [3.63, 3.8) is 0 Å². The summed E-state index contributed by atoms with van der Waals surface area (Å²) in [5, 5.41) is 11.2. The van der Waals surface area contributed by atoms with Gasteiger partial charge in [-0.1, -0.05) is 17.7 Å². The molecule has 1 aromatic rings. The monoisotopic (exact) mass is 299 g/mol. The highest BCUT2D eigenvalue weighted by Crippen LogP contribution is 2.17. The van der Waals surface area contributed by atoms with E-state index >= 15 is 0 Å². The second kappa shape index (κ2) is 8.87. The Morgan fingerprint density at radius 1 is 1.21 bits per heavy atom. The molecular weight excluding hydrogens is 282 g/mol. The van der Waals surface area contributed by atoms with Gasteiger partial charge in [-0.25, -0.2) is 0 Å². The van der Waals surface area contributed by atoms with E-state index in [0.717, 1.165) is 4.90 Å². The van der Waals surface area contributed by atoms with Crippen LogP contribution in [0.5, 0.6) is 0 Å². The number of rotatable bonds is 8. The number of aliphatic carboxylic acids is 1. The zero-order chi connectivity index (χ0) is 14.1. The van der Waals surface area contributed by atoms with Gasteiger partial charge in [0.1, 0.15) is 0 Å². The molecule has 19 heavy (non-hydrogen) atoms. The van der Waals surface area contributed by atoms with E-state index in [2.05, 4.69) is 5.32 Å². The minimum Gasteiger partial charge on any atom is -0.481 e. The first-order chi connectivity index (χ1) is 9.08. The standard InChI is InChI=1S/C13H17NO3S2/c1-10-2-4-11(5-3-10)19-8-12(15)14-6-7-18-9-13(16)17/h2-5H,6-9H2,1H3,(H,14,15)(H,16,17). The minimum atomic E-state index is -0.828. The number of benzene rings is 1. The summed E-state index contributed by atoms with van der Waals surface area (Å²) in [5.41, 5.74) is 1.20. The van der Waals surface area contributed by atoms with Gasteiger partial charge >= 0.3 is 5.97 Å². The van der Waals surface area contributed by atoms with Crippen molar-refractivity contribution in [3.05, 3.63) is 29.8 Å². The molecule has 0 aliphatic carbocycles. The van der Waals surface area contributed by atoms with E-state index < -0.39 is 5.97 Å². The number of aryl methyl sites for hydroxylation is 1. The molecule has 0 aliphatic rings. The van der Waals surface area contributed by atoms with Crippen molar-refractivity contribution >= 4 is 35.4 Å². The van der Waals surface area contributed by atoms with E-state index in [1.165, 1.54) is 29.1 Å². The molecule has 2 N–H and O–H groups in total. The summed E-state index contributed by atoms with van der Waals surface area (Å²) < 4.78 is 0. The van der Waals surface area contributed by atoms with E-state index in [1.54, 1.807) is 0 Å².